The van der Waals surface area contributed by atoms with Crippen LogP contribution in [0.3, 0.4) is 0 Å². The molecule has 1 N–H and O–H groups in total. The molecule has 1 saturated heterocycles. The molecule has 0 bridgehead atoms. The van der Waals surface area contributed by atoms with Crippen LogP contribution in [-0.4, -0.2) is 44.9 Å². The summed E-state index contributed by atoms with van der Waals surface area (Å²) < 4.78 is 32.4. The minimum Gasteiger partial charge on any atom is -0.379 e. The molecule has 0 atom stereocenters. The van der Waals surface area contributed by atoms with Gasteiger partial charge in [0.1, 0.15) is 4.90 Å². The van der Waals surface area contributed by atoms with E-state index < -0.39 is 15.9 Å². The van der Waals surface area contributed by atoms with Gasteiger partial charge in [0, 0.05) is 23.1 Å². The maximum absolute atomic E-state index is 12.9. The smallest absolute Gasteiger partial charge is 0.245 e. The van der Waals surface area contributed by atoms with Crippen LogP contribution in [-0.2, 0) is 26.0 Å². The molecule has 1 heterocycles. The SMILES string of the molecule is O=C(Cc1c(Cl)cccc1Cl)Nc1ccccc1S(=O)(=O)N1CCOCC1. The first-order chi connectivity index (χ1) is 12.9. The van der Waals surface area contributed by atoms with Gasteiger partial charge in [-0.3, -0.25) is 4.79 Å². The zero-order valence-corrected chi connectivity index (χ0v) is 16.6. The van der Waals surface area contributed by atoms with Gasteiger partial charge < -0.3 is 10.1 Å². The first-order valence-corrected chi connectivity index (χ1v) is 10.5. The van der Waals surface area contributed by atoms with Crippen LogP contribution in [0.2, 0.25) is 10.0 Å². The van der Waals surface area contributed by atoms with E-state index in [-0.39, 0.29) is 30.1 Å². The highest BCUT2D eigenvalue weighted by molar-refractivity contribution is 7.89. The summed E-state index contributed by atoms with van der Waals surface area (Å²) in [5.41, 5.74) is 0.712. The number of nitrogens with zero attached hydrogens (tertiary/aromatic N) is 1. The van der Waals surface area contributed by atoms with Crippen molar-refractivity contribution in [2.24, 2.45) is 0 Å². The lowest BCUT2D eigenvalue weighted by atomic mass is 10.1. The number of hydrogen-bond donors (Lipinski definition) is 1. The molecule has 144 valence electrons. The standard InChI is InChI=1S/C18H18Cl2N2O4S/c19-14-4-3-5-15(20)13(14)12-18(23)21-16-6-1-2-7-17(16)27(24,25)22-8-10-26-11-9-22/h1-7H,8-12H2,(H,21,23). The molecule has 1 amide bonds. The largest absolute Gasteiger partial charge is 0.379 e. The minimum absolute atomic E-state index is 0.0468. The molecule has 0 saturated carbocycles. The Balaban J connectivity index is 1.83. The highest BCUT2D eigenvalue weighted by Gasteiger charge is 2.28. The van der Waals surface area contributed by atoms with Gasteiger partial charge in [0.05, 0.1) is 25.3 Å². The number of benzene rings is 2. The molecule has 6 nitrogen and oxygen atoms in total. The van der Waals surface area contributed by atoms with Gasteiger partial charge in [0.25, 0.3) is 0 Å². The summed E-state index contributed by atoms with van der Waals surface area (Å²) >= 11 is 12.2. The van der Waals surface area contributed by atoms with E-state index in [0.717, 1.165) is 0 Å². The Morgan fingerprint density at radius 2 is 1.67 bits per heavy atom. The third-order valence-electron chi connectivity index (χ3n) is 4.15. The fourth-order valence-electron chi connectivity index (χ4n) is 2.78. The van der Waals surface area contributed by atoms with Gasteiger partial charge in [-0.15, -0.1) is 0 Å². The number of rotatable bonds is 5. The van der Waals surface area contributed by atoms with Gasteiger partial charge in [-0.25, -0.2) is 8.42 Å². The van der Waals surface area contributed by atoms with Gasteiger partial charge in [-0.1, -0.05) is 41.4 Å². The highest BCUT2D eigenvalue weighted by atomic mass is 35.5. The molecule has 27 heavy (non-hydrogen) atoms. The lowest BCUT2D eigenvalue weighted by Gasteiger charge is -2.27. The van der Waals surface area contributed by atoms with Crippen molar-refractivity contribution in [3.05, 3.63) is 58.1 Å². The summed E-state index contributed by atoms with van der Waals surface area (Å²) in [7, 11) is -3.74. The first-order valence-electron chi connectivity index (χ1n) is 8.29. The lowest BCUT2D eigenvalue weighted by Crippen LogP contribution is -2.40. The number of ether oxygens (including phenoxy) is 1. The molecular formula is C18H18Cl2N2O4S. The number of amides is 1. The van der Waals surface area contributed by atoms with Crippen LogP contribution in [0.4, 0.5) is 5.69 Å². The monoisotopic (exact) mass is 428 g/mol. The van der Waals surface area contributed by atoms with Crippen molar-refractivity contribution in [1.82, 2.24) is 4.31 Å². The van der Waals surface area contributed by atoms with Crippen molar-refractivity contribution >= 4 is 44.8 Å². The number of hydrogen-bond acceptors (Lipinski definition) is 4. The fourth-order valence-corrected chi connectivity index (χ4v) is 4.86. The molecule has 1 aliphatic rings. The zero-order valence-electron chi connectivity index (χ0n) is 14.3. The highest BCUT2D eigenvalue weighted by Crippen LogP contribution is 2.27. The van der Waals surface area contributed by atoms with Crippen LogP contribution in [0.5, 0.6) is 0 Å². The van der Waals surface area contributed by atoms with Gasteiger partial charge in [-0.05, 0) is 29.8 Å². The quantitative estimate of drug-likeness (QED) is 0.792. The number of sulfonamides is 1. The average molecular weight is 429 g/mol. The summed E-state index contributed by atoms with van der Waals surface area (Å²) in [5, 5.41) is 3.43. The second-order valence-electron chi connectivity index (χ2n) is 5.94. The third-order valence-corrected chi connectivity index (χ3v) is 6.81. The Labute approximate surface area is 168 Å². The molecule has 0 aromatic heterocycles. The molecule has 2 aromatic carbocycles. The Hall–Kier alpha value is -1.64. The number of halogens is 2. The second-order valence-corrected chi connectivity index (χ2v) is 8.66. The fraction of sp³-hybridized carbons (Fsp3) is 0.278. The summed E-state index contributed by atoms with van der Waals surface area (Å²) in [5.74, 6) is -0.408. The third kappa shape index (κ3) is 4.62. The average Bonchev–Trinajstić information content (AvgIpc) is 2.66. The van der Waals surface area contributed by atoms with Crippen LogP contribution < -0.4 is 5.32 Å². The number of carbonyl (C=O) groups is 1. The molecule has 9 heteroatoms. The van der Waals surface area contributed by atoms with E-state index in [1.165, 1.54) is 10.4 Å². The molecule has 3 rings (SSSR count). The molecule has 2 aromatic rings. The van der Waals surface area contributed by atoms with E-state index in [1.54, 1.807) is 36.4 Å². The lowest BCUT2D eigenvalue weighted by molar-refractivity contribution is -0.115. The van der Waals surface area contributed by atoms with Crippen molar-refractivity contribution in [3.63, 3.8) is 0 Å². The van der Waals surface area contributed by atoms with Crippen molar-refractivity contribution < 1.29 is 17.9 Å². The van der Waals surface area contributed by atoms with Crippen molar-refractivity contribution in [2.75, 3.05) is 31.6 Å². The first kappa shape index (κ1) is 20.1. The molecule has 0 radical (unpaired) electrons. The summed E-state index contributed by atoms with van der Waals surface area (Å²) in [4.78, 5) is 12.5. The number of anilines is 1. The number of morpholine rings is 1. The van der Waals surface area contributed by atoms with Gasteiger partial charge in [-0.2, -0.15) is 4.31 Å². The van der Waals surface area contributed by atoms with E-state index in [4.69, 9.17) is 27.9 Å². The van der Waals surface area contributed by atoms with Crippen molar-refractivity contribution in [2.45, 2.75) is 11.3 Å². The van der Waals surface area contributed by atoms with Crippen molar-refractivity contribution in [3.8, 4) is 0 Å². The van der Waals surface area contributed by atoms with E-state index in [2.05, 4.69) is 5.32 Å². The number of carbonyl (C=O) groups excluding carboxylic acids is 1. The van der Waals surface area contributed by atoms with Gasteiger partial charge in [0.15, 0.2) is 0 Å². The zero-order chi connectivity index (χ0) is 19.4. The second kappa shape index (κ2) is 8.58. The molecule has 0 unspecified atom stereocenters. The van der Waals surface area contributed by atoms with Crippen LogP contribution in [0.15, 0.2) is 47.4 Å². The van der Waals surface area contributed by atoms with Crippen LogP contribution in [0, 0.1) is 0 Å². The molecule has 0 spiro atoms. The number of para-hydroxylation sites is 1. The minimum atomic E-state index is -3.74. The molecule has 0 aliphatic carbocycles. The maximum Gasteiger partial charge on any atom is 0.245 e. The Morgan fingerprint density at radius 3 is 2.33 bits per heavy atom. The van der Waals surface area contributed by atoms with Gasteiger partial charge in [0.2, 0.25) is 15.9 Å². The summed E-state index contributed by atoms with van der Waals surface area (Å²) in [6.45, 7) is 1.25. The van der Waals surface area contributed by atoms with Crippen LogP contribution in [0.25, 0.3) is 0 Å². The summed E-state index contributed by atoms with van der Waals surface area (Å²) in [6.07, 6.45) is -0.0650. The van der Waals surface area contributed by atoms with Gasteiger partial charge >= 0.3 is 0 Å². The molecule has 1 aliphatic heterocycles. The Kier molecular flexibility index (Phi) is 6.39. The number of nitrogens with one attached hydrogen (secondary N) is 1. The van der Waals surface area contributed by atoms with Crippen molar-refractivity contribution in [1.29, 1.82) is 0 Å². The normalized spacial score (nSPS) is 15.5. The Bertz CT molecular complexity index is 924. The van der Waals surface area contributed by atoms with E-state index in [0.29, 0.717) is 28.8 Å². The maximum atomic E-state index is 12.9. The Morgan fingerprint density at radius 1 is 1.04 bits per heavy atom. The predicted octanol–water partition coefficient (Wildman–Crippen LogP) is 3.20. The van der Waals surface area contributed by atoms with Crippen LogP contribution >= 0.6 is 23.2 Å². The summed E-state index contributed by atoms with van der Waals surface area (Å²) in [6, 6.07) is 11.3. The van der Waals surface area contributed by atoms with E-state index in [1.807, 2.05) is 0 Å². The molecule has 1 fully saturated rings. The van der Waals surface area contributed by atoms with E-state index >= 15 is 0 Å². The predicted molar refractivity (Wildman–Crippen MR) is 105 cm³/mol. The van der Waals surface area contributed by atoms with Crippen LogP contribution in [0.1, 0.15) is 5.56 Å². The van der Waals surface area contributed by atoms with E-state index in [9.17, 15) is 13.2 Å². The topological polar surface area (TPSA) is 75.7 Å². The molecular weight excluding hydrogens is 411 g/mol.